The van der Waals surface area contributed by atoms with Gasteiger partial charge in [0.15, 0.2) is 0 Å². The van der Waals surface area contributed by atoms with Gasteiger partial charge in [0.2, 0.25) is 0 Å². The molecule has 0 N–H and O–H groups in total. The molecule has 0 unspecified atom stereocenters. The third kappa shape index (κ3) is 1.84. The molecule has 1 aliphatic carbocycles. The van der Waals surface area contributed by atoms with Crippen LogP contribution in [0, 0.1) is 5.41 Å². The van der Waals surface area contributed by atoms with Crippen molar-refractivity contribution in [3.8, 4) is 0 Å². The minimum atomic E-state index is 0.370. The molecule has 1 nitrogen and oxygen atoms in total. The van der Waals surface area contributed by atoms with Crippen molar-refractivity contribution in [1.82, 2.24) is 4.90 Å². The fourth-order valence-corrected chi connectivity index (χ4v) is 3.96. The number of hydrogen-bond donors (Lipinski definition) is 0. The summed E-state index contributed by atoms with van der Waals surface area (Å²) in [7, 11) is 0. The molecule has 0 bridgehead atoms. The van der Waals surface area contributed by atoms with E-state index in [-0.39, 0.29) is 0 Å². The molecule has 88 valence electrons. The normalized spacial score (nSPS) is 40.6. The molecule has 0 spiro atoms. The van der Waals surface area contributed by atoms with Gasteiger partial charge in [-0.15, -0.1) is 0 Å². The maximum Gasteiger partial charge on any atom is 0.0167 e. The van der Waals surface area contributed by atoms with Crippen molar-refractivity contribution >= 4 is 0 Å². The van der Waals surface area contributed by atoms with Crippen molar-refractivity contribution in [2.24, 2.45) is 5.41 Å². The molecule has 0 aromatic rings. The Labute approximate surface area is 95.2 Å². The van der Waals surface area contributed by atoms with Crippen LogP contribution in [-0.2, 0) is 0 Å². The van der Waals surface area contributed by atoms with E-state index in [1.54, 1.807) is 0 Å². The summed E-state index contributed by atoms with van der Waals surface area (Å²) in [5.41, 5.74) is 1.11. The standard InChI is InChI=1S/C14H27N/c1-6-7-8-14-9-11(2)15(12(14)10-14)13(3,4)5/h11-12H,6-10H2,1-5H3/t11-,12-,14+/m1/s1. The topological polar surface area (TPSA) is 3.24 Å². The van der Waals surface area contributed by atoms with Gasteiger partial charge in [0.25, 0.3) is 0 Å². The summed E-state index contributed by atoms with van der Waals surface area (Å²) in [4.78, 5) is 2.78. The highest BCUT2D eigenvalue weighted by molar-refractivity contribution is 5.17. The predicted molar refractivity (Wildman–Crippen MR) is 66.0 cm³/mol. The zero-order valence-electron chi connectivity index (χ0n) is 11.1. The van der Waals surface area contributed by atoms with Crippen LogP contribution in [0.5, 0.6) is 0 Å². The first-order chi connectivity index (χ1) is 6.91. The molecule has 1 heteroatoms. The quantitative estimate of drug-likeness (QED) is 0.683. The first kappa shape index (κ1) is 11.4. The van der Waals surface area contributed by atoms with Crippen molar-refractivity contribution in [1.29, 1.82) is 0 Å². The van der Waals surface area contributed by atoms with Crippen molar-refractivity contribution in [2.75, 3.05) is 0 Å². The first-order valence-electron chi connectivity index (χ1n) is 6.69. The molecule has 0 radical (unpaired) electrons. The van der Waals surface area contributed by atoms with Crippen LogP contribution in [0.1, 0.15) is 66.7 Å². The van der Waals surface area contributed by atoms with Gasteiger partial charge in [-0.05, 0) is 52.4 Å². The van der Waals surface area contributed by atoms with Crippen LogP contribution < -0.4 is 0 Å². The van der Waals surface area contributed by atoms with E-state index in [1.807, 2.05) is 0 Å². The second kappa shape index (κ2) is 3.48. The molecule has 15 heavy (non-hydrogen) atoms. The molecule has 2 aliphatic rings. The van der Waals surface area contributed by atoms with Gasteiger partial charge < -0.3 is 0 Å². The summed E-state index contributed by atoms with van der Waals surface area (Å²) in [5, 5.41) is 0. The van der Waals surface area contributed by atoms with E-state index < -0.39 is 0 Å². The number of piperidine rings is 1. The molecule has 1 saturated carbocycles. The Balaban J connectivity index is 2.03. The summed E-state index contributed by atoms with van der Waals surface area (Å²) in [5.74, 6) is 0. The minimum Gasteiger partial charge on any atom is -0.292 e. The van der Waals surface area contributed by atoms with Crippen molar-refractivity contribution in [3.05, 3.63) is 0 Å². The highest BCUT2D eigenvalue weighted by Crippen LogP contribution is 2.63. The van der Waals surface area contributed by atoms with Crippen molar-refractivity contribution in [3.63, 3.8) is 0 Å². The molecule has 2 rings (SSSR count). The monoisotopic (exact) mass is 209 g/mol. The van der Waals surface area contributed by atoms with E-state index in [4.69, 9.17) is 0 Å². The molecule has 0 aromatic carbocycles. The van der Waals surface area contributed by atoms with Gasteiger partial charge in [0, 0.05) is 17.6 Å². The van der Waals surface area contributed by atoms with Crippen molar-refractivity contribution < 1.29 is 0 Å². The Bertz CT molecular complexity index is 240. The predicted octanol–water partition coefficient (Wildman–Crippen LogP) is 3.83. The summed E-state index contributed by atoms with van der Waals surface area (Å²) in [6.45, 7) is 11.9. The van der Waals surface area contributed by atoms with Crippen molar-refractivity contribution in [2.45, 2.75) is 84.3 Å². The lowest BCUT2D eigenvalue weighted by atomic mass is 9.94. The second-order valence-electron chi connectivity index (χ2n) is 6.82. The average molecular weight is 209 g/mol. The van der Waals surface area contributed by atoms with Crippen LogP contribution in [0.25, 0.3) is 0 Å². The Hall–Kier alpha value is -0.0400. The largest absolute Gasteiger partial charge is 0.292 e. The third-order valence-electron chi connectivity index (χ3n) is 4.46. The number of fused-ring (bicyclic) bond motifs is 1. The van der Waals surface area contributed by atoms with E-state index in [2.05, 4.69) is 39.5 Å². The lowest BCUT2D eigenvalue weighted by molar-refractivity contribution is 0.104. The number of rotatable bonds is 3. The Kier molecular flexibility index (Phi) is 2.65. The van der Waals surface area contributed by atoms with Gasteiger partial charge in [-0.25, -0.2) is 0 Å². The van der Waals surface area contributed by atoms with Gasteiger partial charge in [0.1, 0.15) is 0 Å². The molecule has 1 saturated heterocycles. The zero-order valence-corrected chi connectivity index (χ0v) is 11.1. The minimum absolute atomic E-state index is 0.370. The molecular weight excluding hydrogens is 182 g/mol. The molecular formula is C14H27N. The summed E-state index contributed by atoms with van der Waals surface area (Å²) >= 11 is 0. The van der Waals surface area contributed by atoms with Crippen LogP contribution in [0.3, 0.4) is 0 Å². The molecule has 3 atom stereocenters. The van der Waals surface area contributed by atoms with Crippen LogP contribution in [0.4, 0.5) is 0 Å². The van der Waals surface area contributed by atoms with Gasteiger partial charge in [-0.1, -0.05) is 19.8 Å². The molecule has 0 aromatic heterocycles. The second-order valence-corrected chi connectivity index (χ2v) is 6.82. The lowest BCUT2D eigenvalue weighted by Crippen LogP contribution is -2.45. The number of nitrogens with zero attached hydrogens (tertiary/aromatic N) is 1. The van der Waals surface area contributed by atoms with E-state index in [0.29, 0.717) is 5.54 Å². The number of unbranched alkanes of at least 4 members (excludes halogenated alkanes) is 1. The summed E-state index contributed by atoms with van der Waals surface area (Å²) in [6.07, 6.45) is 7.20. The SMILES string of the molecule is CCCC[C@@]12C[C@@H](C)N(C(C)(C)C)[C@@H]1C2. The highest BCUT2D eigenvalue weighted by Gasteiger charge is 2.64. The summed E-state index contributed by atoms with van der Waals surface area (Å²) < 4.78 is 0. The average Bonchev–Trinajstić information content (AvgIpc) is 2.67. The first-order valence-corrected chi connectivity index (χ1v) is 6.69. The third-order valence-corrected chi connectivity index (χ3v) is 4.46. The van der Waals surface area contributed by atoms with E-state index in [1.165, 1.54) is 32.1 Å². The molecule has 2 fully saturated rings. The van der Waals surface area contributed by atoms with Gasteiger partial charge in [-0.2, -0.15) is 0 Å². The number of likely N-dealkylation sites (tertiary alicyclic amines) is 1. The molecule has 0 amide bonds. The van der Waals surface area contributed by atoms with E-state index >= 15 is 0 Å². The smallest absolute Gasteiger partial charge is 0.0167 e. The maximum atomic E-state index is 2.78. The van der Waals surface area contributed by atoms with Crippen LogP contribution in [-0.4, -0.2) is 22.5 Å². The maximum absolute atomic E-state index is 2.78. The summed E-state index contributed by atoms with van der Waals surface area (Å²) in [6, 6.07) is 1.72. The highest BCUT2D eigenvalue weighted by atomic mass is 15.3. The Morgan fingerprint density at radius 3 is 2.40 bits per heavy atom. The van der Waals surface area contributed by atoms with Crippen LogP contribution >= 0.6 is 0 Å². The fraction of sp³-hybridized carbons (Fsp3) is 1.00. The van der Waals surface area contributed by atoms with Crippen LogP contribution in [0.2, 0.25) is 0 Å². The Morgan fingerprint density at radius 1 is 1.27 bits per heavy atom. The Morgan fingerprint density at radius 2 is 1.93 bits per heavy atom. The van der Waals surface area contributed by atoms with E-state index in [9.17, 15) is 0 Å². The molecule has 1 heterocycles. The number of hydrogen-bond acceptors (Lipinski definition) is 1. The lowest BCUT2D eigenvalue weighted by Gasteiger charge is -2.37. The molecule has 1 aliphatic heterocycles. The zero-order chi connectivity index (χ0) is 11.3. The fourth-order valence-electron chi connectivity index (χ4n) is 3.96. The van der Waals surface area contributed by atoms with Gasteiger partial charge >= 0.3 is 0 Å². The van der Waals surface area contributed by atoms with Gasteiger partial charge in [0.05, 0.1) is 0 Å². The van der Waals surface area contributed by atoms with Gasteiger partial charge in [-0.3, -0.25) is 4.90 Å². The van der Waals surface area contributed by atoms with Crippen LogP contribution in [0.15, 0.2) is 0 Å². The van der Waals surface area contributed by atoms with E-state index in [0.717, 1.165) is 17.5 Å².